The Hall–Kier alpha value is -0.690. The van der Waals surface area contributed by atoms with Crippen LogP contribution < -0.4 is 0 Å². The molecule has 0 aliphatic rings. The SMILES string of the molecule is CCCCCC.[N-]=[N+]=[N-]. The zero-order chi connectivity index (χ0) is 7.54. The van der Waals surface area contributed by atoms with Gasteiger partial charge in [0.2, 0.25) is 0 Å². The van der Waals surface area contributed by atoms with Gasteiger partial charge >= 0.3 is 0 Å². The predicted molar refractivity (Wildman–Crippen MR) is 39.9 cm³/mol. The van der Waals surface area contributed by atoms with Crippen molar-refractivity contribution in [2.45, 2.75) is 39.5 Å². The second kappa shape index (κ2) is 15.7. The second-order valence-corrected chi connectivity index (χ2v) is 1.80. The van der Waals surface area contributed by atoms with Crippen molar-refractivity contribution in [2.24, 2.45) is 0 Å². The first-order valence-corrected chi connectivity index (χ1v) is 3.31. The van der Waals surface area contributed by atoms with Crippen molar-refractivity contribution < 1.29 is 0 Å². The van der Waals surface area contributed by atoms with Gasteiger partial charge in [-0.05, 0) is 0 Å². The largest absolute Gasteiger partial charge is 0.373 e. The molecule has 0 saturated heterocycles. The van der Waals surface area contributed by atoms with E-state index in [0.29, 0.717) is 0 Å². The number of nitrogens with zero attached hydrogens (tertiary/aromatic N) is 3. The average molecular weight is 128 g/mol. The van der Waals surface area contributed by atoms with Gasteiger partial charge < -0.3 is 11.1 Å². The van der Waals surface area contributed by atoms with Crippen LogP contribution in [0, 0.1) is 0 Å². The van der Waals surface area contributed by atoms with Gasteiger partial charge in [0.1, 0.15) is 0 Å². The van der Waals surface area contributed by atoms with Gasteiger partial charge in [-0.15, -0.1) is 0 Å². The van der Waals surface area contributed by atoms with Gasteiger partial charge in [0.15, 0.2) is 0 Å². The topological polar surface area (TPSA) is 58.7 Å². The molecular formula is C6H14N3-. The van der Waals surface area contributed by atoms with Gasteiger partial charge in [0.25, 0.3) is 0 Å². The minimum atomic E-state index is 1.36. The maximum Gasteiger partial charge on any atom is -0.0536 e. The number of hydrogen-bond acceptors (Lipinski definition) is 0. The minimum Gasteiger partial charge on any atom is -0.373 e. The highest BCUT2D eigenvalue weighted by Gasteiger charge is 1.75. The summed E-state index contributed by atoms with van der Waals surface area (Å²) in [5.41, 5.74) is 13.5. The number of rotatable bonds is 3. The molecule has 0 rings (SSSR count). The molecule has 0 N–H and O–H groups in total. The van der Waals surface area contributed by atoms with E-state index < -0.39 is 0 Å². The molecule has 0 aliphatic heterocycles. The highest BCUT2D eigenvalue weighted by molar-refractivity contribution is 4.36. The fourth-order valence-corrected chi connectivity index (χ4v) is 0.500. The summed E-state index contributed by atoms with van der Waals surface area (Å²) in [4.78, 5) is 1.50. The van der Waals surface area contributed by atoms with Crippen LogP contribution in [0.4, 0.5) is 0 Å². The fourth-order valence-electron chi connectivity index (χ4n) is 0.500. The van der Waals surface area contributed by atoms with Crippen molar-refractivity contribution in [1.82, 2.24) is 0 Å². The summed E-state index contributed by atoms with van der Waals surface area (Å²) >= 11 is 0. The molecule has 0 unspecified atom stereocenters. The molecular weight excluding hydrogens is 114 g/mol. The first kappa shape index (κ1) is 11.2. The zero-order valence-electron chi connectivity index (χ0n) is 6.17. The molecule has 0 spiro atoms. The summed E-state index contributed by atoms with van der Waals surface area (Å²) in [6.07, 6.45) is 5.54. The zero-order valence-corrected chi connectivity index (χ0v) is 6.17. The van der Waals surface area contributed by atoms with Crippen LogP contribution in [0.5, 0.6) is 0 Å². The predicted octanol–water partition coefficient (Wildman–Crippen LogP) is 3.45. The van der Waals surface area contributed by atoms with Gasteiger partial charge in [0.05, 0.1) is 0 Å². The summed E-state index contributed by atoms with van der Waals surface area (Å²) in [6.45, 7) is 4.46. The van der Waals surface area contributed by atoms with E-state index in [9.17, 15) is 0 Å². The molecule has 0 aliphatic carbocycles. The molecule has 9 heavy (non-hydrogen) atoms. The van der Waals surface area contributed by atoms with Crippen LogP contribution in [-0.4, -0.2) is 0 Å². The summed E-state index contributed by atoms with van der Waals surface area (Å²) in [6, 6.07) is 0. The van der Waals surface area contributed by atoms with E-state index in [0.717, 1.165) is 0 Å². The highest BCUT2D eigenvalue weighted by atomic mass is 15.0. The van der Waals surface area contributed by atoms with Crippen LogP contribution in [0.1, 0.15) is 39.5 Å². The Balaban J connectivity index is 0. The highest BCUT2D eigenvalue weighted by Crippen LogP contribution is 1.95. The lowest BCUT2D eigenvalue weighted by Gasteiger charge is -1.86. The van der Waals surface area contributed by atoms with Crippen molar-refractivity contribution in [3.63, 3.8) is 0 Å². The number of hydrogen-bond donors (Lipinski definition) is 0. The van der Waals surface area contributed by atoms with Crippen molar-refractivity contribution in [3.8, 4) is 0 Å². The van der Waals surface area contributed by atoms with E-state index in [2.05, 4.69) is 13.8 Å². The maximum atomic E-state index is 6.75. The van der Waals surface area contributed by atoms with Gasteiger partial charge in [-0.2, -0.15) is 0 Å². The van der Waals surface area contributed by atoms with E-state index in [-0.39, 0.29) is 0 Å². The van der Waals surface area contributed by atoms with E-state index in [1.165, 1.54) is 30.6 Å². The van der Waals surface area contributed by atoms with Crippen LogP contribution in [0.2, 0.25) is 0 Å². The molecule has 0 fully saturated rings. The lowest BCUT2D eigenvalue weighted by molar-refractivity contribution is 0.702. The third kappa shape index (κ3) is 38.6. The maximum absolute atomic E-state index is 6.75. The molecule has 0 heterocycles. The second-order valence-electron chi connectivity index (χ2n) is 1.80. The van der Waals surface area contributed by atoms with Gasteiger partial charge in [-0.3, -0.25) is 4.91 Å². The van der Waals surface area contributed by atoms with Crippen molar-refractivity contribution >= 4 is 0 Å². The van der Waals surface area contributed by atoms with Crippen LogP contribution in [0.25, 0.3) is 16.0 Å². The fraction of sp³-hybridized carbons (Fsp3) is 1.00. The smallest absolute Gasteiger partial charge is 0.0536 e. The molecule has 0 radical (unpaired) electrons. The number of unbranched alkanes of at least 4 members (excludes halogenated alkanes) is 3. The molecule has 54 valence electrons. The molecule has 3 heteroatoms. The quantitative estimate of drug-likeness (QED) is 0.242. The molecule has 0 amide bonds. The standard InChI is InChI=1S/C6H14.N3/c1-3-5-6-4-2;1-3-2/h3-6H2,1-2H3;/q;-1. The van der Waals surface area contributed by atoms with Gasteiger partial charge in [-0.25, -0.2) is 0 Å². The van der Waals surface area contributed by atoms with Gasteiger partial charge in [0, 0.05) is 0 Å². The van der Waals surface area contributed by atoms with Crippen LogP contribution in [0.15, 0.2) is 0 Å². The van der Waals surface area contributed by atoms with E-state index in [1.54, 1.807) is 0 Å². The van der Waals surface area contributed by atoms with E-state index in [4.69, 9.17) is 11.1 Å². The summed E-state index contributed by atoms with van der Waals surface area (Å²) in [5, 5.41) is 0. The van der Waals surface area contributed by atoms with Gasteiger partial charge in [-0.1, -0.05) is 39.5 Å². The Labute approximate surface area is 56.5 Å². The summed E-state index contributed by atoms with van der Waals surface area (Å²) in [7, 11) is 0. The Morgan fingerprint density at radius 3 is 1.33 bits per heavy atom. The van der Waals surface area contributed by atoms with Crippen LogP contribution >= 0.6 is 0 Å². The van der Waals surface area contributed by atoms with Crippen LogP contribution in [-0.2, 0) is 0 Å². The Kier molecular flexibility index (Phi) is 19.4. The summed E-state index contributed by atoms with van der Waals surface area (Å²) < 4.78 is 0. The van der Waals surface area contributed by atoms with Crippen molar-refractivity contribution in [1.29, 1.82) is 0 Å². The Morgan fingerprint density at radius 2 is 1.22 bits per heavy atom. The average Bonchev–Trinajstić information content (AvgIpc) is 1.86. The lowest BCUT2D eigenvalue weighted by atomic mass is 10.2. The van der Waals surface area contributed by atoms with E-state index >= 15 is 0 Å². The molecule has 0 aromatic carbocycles. The normalized spacial score (nSPS) is 6.89. The third-order valence-electron chi connectivity index (χ3n) is 0.957. The monoisotopic (exact) mass is 128 g/mol. The molecule has 3 nitrogen and oxygen atoms in total. The Morgan fingerprint density at radius 1 is 1.00 bits per heavy atom. The van der Waals surface area contributed by atoms with Crippen LogP contribution in [0.3, 0.4) is 0 Å². The minimum absolute atomic E-state index is 1.36. The van der Waals surface area contributed by atoms with E-state index in [1.807, 2.05) is 0 Å². The third-order valence-corrected chi connectivity index (χ3v) is 0.957. The Bertz CT molecular complexity index is 60.7. The molecule has 0 aromatic rings. The molecule has 0 aromatic heterocycles. The molecule has 0 saturated carbocycles. The first-order chi connectivity index (χ1) is 4.33. The first-order valence-electron chi connectivity index (χ1n) is 3.31. The lowest BCUT2D eigenvalue weighted by Crippen LogP contribution is -1.66. The molecule has 0 bridgehead atoms. The van der Waals surface area contributed by atoms with Crippen molar-refractivity contribution in [2.75, 3.05) is 0 Å². The summed E-state index contributed by atoms with van der Waals surface area (Å²) in [5.74, 6) is 0. The molecule has 0 atom stereocenters. The van der Waals surface area contributed by atoms with Crippen molar-refractivity contribution in [3.05, 3.63) is 16.0 Å².